The summed E-state index contributed by atoms with van der Waals surface area (Å²) in [5, 5.41) is 17.6. The van der Waals surface area contributed by atoms with E-state index in [2.05, 4.69) is 15.5 Å². The van der Waals surface area contributed by atoms with Gasteiger partial charge in [0.2, 0.25) is 11.8 Å². The molecule has 1 aromatic rings. The van der Waals surface area contributed by atoms with Crippen molar-refractivity contribution in [1.29, 1.82) is 0 Å². The largest absolute Gasteiger partial charge is 0.389 e. The minimum atomic E-state index is -0.849. The molecule has 2 fully saturated rings. The van der Waals surface area contributed by atoms with E-state index in [-0.39, 0.29) is 24.3 Å². The zero-order valence-corrected chi connectivity index (χ0v) is 14.0. The molecular formula is C17H27N3O3. The first-order valence-electron chi connectivity index (χ1n) is 8.82. The van der Waals surface area contributed by atoms with Gasteiger partial charge in [0, 0.05) is 5.92 Å². The summed E-state index contributed by atoms with van der Waals surface area (Å²) in [6, 6.07) is -0.297. The van der Waals surface area contributed by atoms with Gasteiger partial charge >= 0.3 is 0 Å². The minimum Gasteiger partial charge on any atom is -0.389 e. The molecule has 2 N–H and O–H groups in total. The topological polar surface area (TPSA) is 88.2 Å². The molecule has 0 radical (unpaired) electrons. The fourth-order valence-corrected chi connectivity index (χ4v) is 3.30. The van der Waals surface area contributed by atoms with E-state index in [1.807, 2.05) is 13.8 Å². The van der Waals surface area contributed by atoms with Crippen LogP contribution in [-0.4, -0.2) is 26.8 Å². The number of amides is 1. The lowest BCUT2D eigenvalue weighted by Gasteiger charge is -2.32. The molecule has 2 saturated carbocycles. The van der Waals surface area contributed by atoms with Gasteiger partial charge in [-0.25, -0.2) is 0 Å². The van der Waals surface area contributed by atoms with E-state index >= 15 is 0 Å². The van der Waals surface area contributed by atoms with Crippen molar-refractivity contribution in [3.05, 3.63) is 11.7 Å². The van der Waals surface area contributed by atoms with Crippen molar-refractivity contribution in [3.8, 4) is 0 Å². The summed E-state index contributed by atoms with van der Waals surface area (Å²) in [7, 11) is 0. The predicted octanol–water partition coefficient (Wildman–Crippen LogP) is 2.85. The number of nitrogens with one attached hydrogen (secondary N) is 1. The number of aromatic nitrogens is 2. The lowest BCUT2D eigenvalue weighted by molar-refractivity contribution is -0.128. The fourth-order valence-electron chi connectivity index (χ4n) is 3.30. The van der Waals surface area contributed by atoms with Crippen LogP contribution in [0.5, 0.6) is 0 Å². The third-order valence-corrected chi connectivity index (χ3v) is 4.92. The molecule has 1 atom stereocenters. The van der Waals surface area contributed by atoms with Crippen molar-refractivity contribution in [2.45, 2.75) is 82.8 Å². The van der Waals surface area contributed by atoms with Crippen LogP contribution in [0.2, 0.25) is 0 Å². The first-order chi connectivity index (χ1) is 11.0. The Bertz CT molecular complexity index is 545. The molecule has 3 rings (SSSR count). The number of rotatable bonds is 6. The Morgan fingerprint density at radius 3 is 2.65 bits per heavy atom. The zero-order valence-electron chi connectivity index (χ0n) is 14.0. The van der Waals surface area contributed by atoms with Crippen LogP contribution in [0.25, 0.3) is 0 Å². The van der Waals surface area contributed by atoms with Gasteiger partial charge in [0.05, 0.1) is 12.0 Å². The van der Waals surface area contributed by atoms with E-state index in [0.29, 0.717) is 24.7 Å². The molecule has 0 bridgehead atoms. The van der Waals surface area contributed by atoms with E-state index in [0.717, 1.165) is 37.9 Å². The molecule has 0 aromatic carbocycles. The quantitative estimate of drug-likeness (QED) is 0.841. The van der Waals surface area contributed by atoms with Crippen LogP contribution in [0.1, 0.15) is 88.9 Å². The van der Waals surface area contributed by atoms with Crippen molar-refractivity contribution in [3.63, 3.8) is 0 Å². The maximum Gasteiger partial charge on any atom is 0.249 e. The normalized spacial score (nSPS) is 22.1. The molecular weight excluding hydrogens is 294 g/mol. The highest BCUT2D eigenvalue weighted by molar-refractivity contribution is 5.77. The second-order valence-electron chi connectivity index (χ2n) is 7.52. The lowest BCUT2D eigenvalue weighted by Crippen LogP contribution is -2.40. The maximum atomic E-state index is 12.4. The van der Waals surface area contributed by atoms with Gasteiger partial charge < -0.3 is 14.9 Å². The first kappa shape index (κ1) is 16.4. The smallest absolute Gasteiger partial charge is 0.249 e. The Labute approximate surface area is 137 Å². The van der Waals surface area contributed by atoms with E-state index in [1.165, 1.54) is 0 Å². The summed E-state index contributed by atoms with van der Waals surface area (Å²) in [6.07, 6.45) is 6.93. The van der Waals surface area contributed by atoms with Gasteiger partial charge in [0.25, 0.3) is 0 Å². The van der Waals surface area contributed by atoms with Gasteiger partial charge in [0.1, 0.15) is 6.04 Å². The van der Waals surface area contributed by atoms with E-state index in [4.69, 9.17) is 4.52 Å². The third kappa shape index (κ3) is 4.10. The molecule has 0 saturated heterocycles. The Balaban J connectivity index is 1.62. The fraction of sp³-hybridized carbons (Fsp3) is 0.824. The SMILES string of the molecule is CC(C)C(NC(=O)CC1(O)CCCCC1)c1nc(C2CC2)no1. The van der Waals surface area contributed by atoms with Gasteiger partial charge in [0.15, 0.2) is 5.82 Å². The number of hydrogen-bond donors (Lipinski definition) is 2. The average molecular weight is 321 g/mol. The van der Waals surface area contributed by atoms with Crippen molar-refractivity contribution >= 4 is 5.91 Å². The highest BCUT2D eigenvalue weighted by atomic mass is 16.5. The van der Waals surface area contributed by atoms with Crippen LogP contribution in [0, 0.1) is 5.92 Å². The maximum absolute atomic E-state index is 12.4. The lowest BCUT2D eigenvalue weighted by atomic mass is 9.82. The molecule has 1 amide bonds. The second-order valence-corrected chi connectivity index (χ2v) is 7.52. The van der Waals surface area contributed by atoms with Gasteiger partial charge in [-0.2, -0.15) is 4.98 Å². The van der Waals surface area contributed by atoms with E-state index in [9.17, 15) is 9.90 Å². The molecule has 0 spiro atoms. The summed E-state index contributed by atoms with van der Waals surface area (Å²) in [4.78, 5) is 16.9. The van der Waals surface area contributed by atoms with Crippen LogP contribution < -0.4 is 5.32 Å². The standard InChI is InChI=1S/C17H27N3O3/c1-11(2)14(16-19-15(20-23-16)12-6-7-12)18-13(21)10-17(22)8-4-3-5-9-17/h11-12,14,22H,3-10H2,1-2H3,(H,18,21). The Hall–Kier alpha value is -1.43. The summed E-state index contributed by atoms with van der Waals surface area (Å²) in [6.45, 7) is 4.03. The third-order valence-electron chi connectivity index (χ3n) is 4.92. The van der Waals surface area contributed by atoms with Crippen LogP contribution in [0.3, 0.4) is 0 Å². The molecule has 6 nitrogen and oxygen atoms in total. The summed E-state index contributed by atoms with van der Waals surface area (Å²) >= 11 is 0. The molecule has 1 heterocycles. The van der Waals surface area contributed by atoms with Crippen LogP contribution in [0.4, 0.5) is 0 Å². The predicted molar refractivity (Wildman–Crippen MR) is 84.6 cm³/mol. The minimum absolute atomic E-state index is 0.140. The molecule has 1 unspecified atom stereocenters. The Kier molecular flexibility index (Phi) is 4.71. The van der Waals surface area contributed by atoms with Crippen molar-refractivity contribution < 1.29 is 14.4 Å². The monoisotopic (exact) mass is 321 g/mol. The summed E-state index contributed by atoms with van der Waals surface area (Å²) < 4.78 is 5.37. The summed E-state index contributed by atoms with van der Waals surface area (Å²) in [5.41, 5.74) is -0.849. The molecule has 0 aliphatic heterocycles. The van der Waals surface area contributed by atoms with Gasteiger partial charge in [-0.15, -0.1) is 0 Å². The Morgan fingerprint density at radius 1 is 1.35 bits per heavy atom. The molecule has 23 heavy (non-hydrogen) atoms. The van der Waals surface area contributed by atoms with Crippen molar-refractivity contribution in [2.24, 2.45) is 5.92 Å². The van der Waals surface area contributed by atoms with Crippen molar-refractivity contribution in [2.75, 3.05) is 0 Å². The zero-order chi connectivity index (χ0) is 16.4. The number of nitrogens with zero attached hydrogens (tertiary/aromatic N) is 2. The second kappa shape index (κ2) is 6.59. The average Bonchev–Trinajstić information content (AvgIpc) is 3.23. The van der Waals surface area contributed by atoms with E-state index in [1.54, 1.807) is 0 Å². The molecule has 2 aliphatic rings. The summed E-state index contributed by atoms with van der Waals surface area (Å²) in [5.74, 6) is 1.67. The highest BCUT2D eigenvalue weighted by Crippen LogP contribution is 2.39. The van der Waals surface area contributed by atoms with Gasteiger partial charge in [-0.05, 0) is 31.6 Å². The van der Waals surface area contributed by atoms with E-state index < -0.39 is 5.60 Å². The van der Waals surface area contributed by atoms with Crippen LogP contribution in [-0.2, 0) is 4.79 Å². The first-order valence-corrected chi connectivity index (χ1v) is 8.82. The number of carbonyl (C=O) groups is 1. The number of aliphatic hydroxyl groups is 1. The van der Waals surface area contributed by atoms with Gasteiger partial charge in [-0.3, -0.25) is 4.79 Å². The van der Waals surface area contributed by atoms with Crippen molar-refractivity contribution in [1.82, 2.24) is 15.5 Å². The van der Waals surface area contributed by atoms with Crippen LogP contribution in [0.15, 0.2) is 4.52 Å². The Morgan fingerprint density at radius 2 is 2.04 bits per heavy atom. The molecule has 128 valence electrons. The van der Waals surface area contributed by atoms with Crippen LogP contribution >= 0.6 is 0 Å². The molecule has 1 aromatic heterocycles. The molecule has 6 heteroatoms. The van der Waals surface area contributed by atoms with Gasteiger partial charge in [-0.1, -0.05) is 38.3 Å². The number of hydrogen-bond acceptors (Lipinski definition) is 5. The highest BCUT2D eigenvalue weighted by Gasteiger charge is 2.35. The molecule has 2 aliphatic carbocycles. The number of carbonyl (C=O) groups excluding carboxylic acids is 1.